The molecule has 0 unspecified atom stereocenters. The fourth-order valence-electron chi connectivity index (χ4n) is 11.4. The first-order valence-corrected chi connectivity index (χ1v) is 31.2. The lowest BCUT2D eigenvalue weighted by atomic mass is 9.96. The maximum absolute atomic E-state index is 13.6. The second-order valence-electron chi connectivity index (χ2n) is 22.7. The normalized spacial score (nSPS) is 24.4. The van der Waals surface area contributed by atoms with Crippen LogP contribution in [0.2, 0.25) is 0 Å². The van der Waals surface area contributed by atoms with Crippen LogP contribution in [-0.2, 0) is 114 Å². The molecule has 2 saturated heterocycles. The van der Waals surface area contributed by atoms with E-state index in [1.54, 1.807) is 0 Å². The van der Waals surface area contributed by atoms with E-state index in [-0.39, 0.29) is 72.7 Å². The molecule has 0 aromatic heterocycles. The van der Waals surface area contributed by atoms with Crippen molar-refractivity contribution in [3.8, 4) is 0 Å². The first kappa shape index (κ1) is 66.0. The summed E-state index contributed by atoms with van der Waals surface area (Å²) >= 11 is 0. The third kappa shape index (κ3) is 19.1. The highest BCUT2D eigenvalue weighted by molar-refractivity contribution is 5.20. The van der Waals surface area contributed by atoms with E-state index in [2.05, 4.69) is 10.0 Å². The molecule has 13 atom stereocenters. The van der Waals surface area contributed by atoms with Crippen LogP contribution in [0, 0.1) is 10.1 Å². The van der Waals surface area contributed by atoms with E-state index in [9.17, 15) is 15.6 Å². The molecule has 8 aromatic rings. The number of hydrogen-bond acceptors (Lipinski definition) is 16. The molecule has 0 radical (unpaired) electrons. The zero-order chi connectivity index (χ0) is 63.7. The summed E-state index contributed by atoms with van der Waals surface area (Å²) in [5.74, 6) is 0. The number of nitrogens with zero attached hydrogens (tertiary/aromatic N) is 4. The van der Waals surface area contributed by atoms with Crippen molar-refractivity contribution in [3.05, 3.63) is 320 Å². The molecule has 19 nitrogen and oxygen atoms in total. The van der Waals surface area contributed by atoms with Gasteiger partial charge in [-0.1, -0.05) is 248 Å². The van der Waals surface area contributed by atoms with Crippen molar-refractivity contribution < 1.29 is 66.5 Å². The van der Waals surface area contributed by atoms with E-state index in [0.29, 0.717) is 0 Å². The molecule has 482 valence electrons. The van der Waals surface area contributed by atoms with Crippen LogP contribution in [0.3, 0.4) is 0 Å². The van der Waals surface area contributed by atoms with Gasteiger partial charge in [0, 0.05) is 4.91 Å². The molecule has 0 aliphatic carbocycles. The quantitative estimate of drug-likeness (QED) is 0.0123. The van der Waals surface area contributed by atoms with Crippen molar-refractivity contribution >= 4 is 0 Å². The van der Waals surface area contributed by atoms with E-state index >= 15 is 0 Å². The smallest absolute Gasteiger partial charge is 0.311 e. The molecule has 0 N–H and O–H groups in total. The zero-order valence-corrected chi connectivity index (χ0v) is 51.4. The summed E-state index contributed by atoms with van der Waals surface area (Å²) in [5, 5.41) is 17.9. The van der Waals surface area contributed by atoms with Gasteiger partial charge in [0.25, 0.3) is 0 Å². The lowest BCUT2D eigenvalue weighted by molar-refractivity contribution is -0.454. The molecular weight excluding hydrogens is 1180 g/mol. The number of benzene rings is 8. The van der Waals surface area contributed by atoms with Crippen LogP contribution in [0.15, 0.2) is 260 Å². The highest BCUT2D eigenvalue weighted by Crippen LogP contribution is 2.37. The Morgan fingerprint density at radius 2 is 0.699 bits per heavy atom. The van der Waals surface area contributed by atoms with E-state index < -0.39 is 90.3 Å². The summed E-state index contributed by atoms with van der Waals surface area (Å²) in [6, 6.07) is 76.1. The minimum absolute atomic E-state index is 0.0113. The molecule has 0 bridgehead atoms. The topological polar surface area (TPSA) is 212 Å². The third-order valence-corrected chi connectivity index (χ3v) is 16.1. The number of nitro groups is 1. The SMILES string of the molecule is [N-]=[N+]=N[C@H]1[C@H](OC[C@H]2OC=C([N+](=O)[O-])[C@@H](O[C@@H]3O[C@H](COCc4ccccc4)[C@H](OCc4ccccc4)[C@H](OCc4ccccc4)[C@H]3OCc3ccccc3)[C@H]2OCc2ccccc2)O[C@H](COCc2ccccc2)[C@@H](OCc2ccccc2)[C@@H]1OCc1ccccc1. The molecule has 0 saturated carbocycles. The monoisotopic (exact) mass is 1260 g/mol. The Morgan fingerprint density at radius 1 is 0.376 bits per heavy atom. The van der Waals surface area contributed by atoms with Gasteiger partial charge in [0.1, 0.15) is 54.9 Å². The summed E-state index contributed by atoms with van der Waals surface area (Å²) in [6.07, 6.45) is -12.2. The van der Waals surface area contributed by atoms with Crippen LogP contribution in [-0.4, -0.2) is 104 Å². The molecule has 0 amide bonds. The largest absolute Gasteiger partial charge is 0.486 e. The predicted octanol–water partition coefficient (Wildman–Crippen LogP) is 13.0. The van der Waals surface area contributed by atoms with E-state index in [0.717, 1.165) is 50.8 Å². The number of azide groups is 1. The molecule has 3 aliphatic heterocycles. The van der Waals surface area contributed by atoms with Gasteiger partial charge in [-0.05, 0) is 50.0 Å². The van der Waals surface area contributed by atoms with Crippen LogP contribution in [0.25, 0.3) is 10.4 Å². The van der Waals surface area contributed by atoms with Gasteiger partial charge in [-0.3, -0.25) is 10.1 Å². The van der Waals surface area contributed by atoms with Gasteiger partial charge in [0.2, 0.25) is 0 Å². The standard InChI is InChI=1S/C74H76N4O15/c75-77-76-65-70(87-46-58-35-19-6-20-36-58)68(85-44-56-31-15-4-16-32-56)63(50-81-41-53-25-9-1-10-26-53)91-73(65)90-52-62-67(84-43-55-29-13-3-14-30-55)66(61(49-83-62)78(79)80)93-74-72(89-48-60-39-23-8-24-40-60)71(88-47-59-37-21-7-22-38-59)69(86-45-57-33-17-5-18-34-57)64(92-74)51-82-42-54-27-11-2-12-28-54/h1-40,49,62-74H,41-48,50-52H2/t62-,63-,64-,65-,66-,67+,68-,69+,70-,71+,72-,73-,74+/m1/s1. The molecule has 11 rings (SSSR count). The fraction of sp³-hybridized carbons (Fsp3) is 0.324. The zero-order valence-electron chi connectivity index (χ0n) is 51.4. The Kier molecular flexibility index (Phi) is 24.8. The summed E-state index contributed by atoms with van der Waals surface area (Å²) in [6.45, 7) is 0.742. The fourth-order valence-corrected chi connectivity index (χ4v) is 11.4. The van der Waals surface area contributed by atoms with Gasteiger partial charge < -0.3 is 61.6 Å². The summed E-state index contributed by atoms with van der Waals surface area (Å²) in [4.78, 5) is 16.4. The van der Waals surface area contributed by atoms with Crippen molar-refractivity contribution in [3.63, 3.8) is 0 Å². The van der Waals surface area contributed by atoms with Crippen molar-refractivity contribution in [2.24, 2.45) is 5.11 Å². The first-order valence-electron chi connectivity index (χ1n) is 31.2. The summed E-state index contributed by atoms with van der Waals surface area (Å²) in [5.41, 5.74) is 16.9. The predicted molar refractivity (Wildman–Crippen MR) is 343 cm³/mol. The Hall–Kier alpha value is -8.47. The molecule has 3 aliphatic rings. The van der Waals surface area contributed by atoms with Gasteiger partial charge in [-0.15, -0.1) is 0 Å². The van der Waals surface area contributed by atoms with Gasteiger partial charge in [-0.2, -0.15) is 0 Å². The highest BCUT2D eigenvalue weighted by atomic mass is 16.7. The average Bonchev–Trinajstić information content (AvgIpc) is 0.832. The van der Waals surface area contributed by atoms with Crippen LogP contribution in [0.4, 0.5) is 0 Å². The maximum Gasteiger partial charge on any atom is 0.311 e. The van der Waals surface area contributed by atoms with Gasteiger partial charge in [0.15, 0.2) is 31.1 Å². The van der Waals surface area contributed by atoms with E-state index in [4.69, 9.17) is 61.6 Å². The second-order valence-corrected chi connectivity index (χ2v) is 22.7. The molecule has 3 heterocycles. The van der Waals surface area contributed by atoms with Crippen molar-refractivity contribution in [1.82, 2.24) is 0 Å². The van der Waals surface area contributed by atoms with Crippen molar-refractivity contribution in [2.75, 3.05) is 19.8 Å². The Labute approximate surface area is 541 Å². The molecule has 0 spiro atoms. The number of rotatable bonds is 33. The summed E-state index contributed by atoms with van der Waals surface area (Å²) < 4.78 is 88.6. The number of hydrogen-bond donors (Lipinski definition) is 0. The molecule has 8 aromatic carbocycles. The lowest BCUT2D eigenvalue weighted by Crippen LogP contribution is -2.63. The van der Waals surface area contributed by atoms with Crippen LogP contribution in [0.5, 0.6) is 0 Å². The van der Waals surface area contributed by atoms with Crippen molar-refractivity contribution in [2.45, 2.75) is 133 Å². The second kappa shape index (κ2) is 35.0. The third-order valence-electron chi connectivity index (χ3n) is 16.1. The number of ether oxygens (including phenoxy) is 13. The van der Waals surface area contributed by atoms with Crippen LogP contribution in [0.1, 0.15) is 44.5 Å². The Bertz CT molecular complexity index is 3540. The molecule has 93 heavy (non-hydrogen) atoms. The first-order chi connectivity index (χ1) is 45.9. The summed E-state index contributed by atoms with van der Waals surface area (Å²) in [7, 11) is 0. The molecule has 19 heteroatoms. The molecule has 2 fully saturated rings. The average molecular weight is 1260 g/mol. The minimum Gasteiger partial charge on any atom is -0.486 e. The van der Waals surface area contributed by atoms with Crippen molar-refractivity contribution in [1.29, 1.82) is 0 Å². The Balaban J connectivity index is 0.940. The van der Waals surface area contributed by atoms with Crippen LogP contribution < -0.4 is 0 Å². The van der Waals surface area contributed by atoms with E-state index in [1.807, 2.05) is 243 Å². The molecular formula is C74H76N4O15. The Morgan fingerprint density at radius 3 is 1.08 bits per heavy atom. The maximum atomic E-state index is 13.6. The lowest BCUT2D eigenvalue weighted by Gasteiger charge is -2.47. The van der Waals surface area contributed by atoms with E-state index in [1.165, 1.54) is 0 Å². The van der Waals surface area contributed by atoms with Crippen LogP contribution >= 0.6 is 0 Å². The van der Waals surface area contributed by atoms with Gasteiger partial charge in [0.05, 0.1) is 77.6 Å². The minimum atomic E-state index is -1.54. The highest BCUT2D eigenvalue weighted by Gasteiger charge is 2.55. The van der Waals surface area contributed by atoms with Gasteiger partial charge in [-0.25, -0.2) is 0 Å². The van der Waals surface area contributed by atoms with Gasteiger partial charge >= 0.3 is 5.70 Å².